The zero-order valence-corrected chi connectivity index (χ0v) is 8.37. The van der Waals surface area contributed by atoms with Crippen molar-refractivity contribution in [3.05, 3.63) is 52.2 Å². The summed E-state index contributed by atoms with van der Waals surface area (Å²) in [5.74, 6) is 0.270. The lowest BCUT2D eigenvalue weighted by atomic mass is 10.1. The number of benzene rings is 1. The molecule has 0 bridgehead atoms. The number of hydrogen-bond acceptors (Lipinski definition) is 3. The van der Waals surface area contributed by atoms with Crippen LogP contribution in [0, 0.1) is 0 Å². The summed E-state index contributed by atoms with van der Waals surface area (Å²) in [6.45, 7) is 0. The van der Waals surface area contributed by atoms with Gasteiger partial charge in [-0.25, -0.2) is 0 Å². The van der Waals surface area contributed by atoms with Crippen LogP contribution >= 0.6 is 11.3 Å². The monoisotopic (exact) mass is 205 g/mol. The van der Waals surface area contributed by atoms with Crippen molar-refractivity contribution in [1.29, 1.82) is 0 Å². The SMILES string of the molecule is N[C@@H](c1ccc(O)cc1)c1cccs1. The minimum Gasteiger partial charge on any atom is -0.508 e. The van der Waals surface area contributed by atoms with Crippen molar-refractivity contribution < 1.29 is 5.11 Å². The van der Waals surface area contributed by atoms with E-state index in [2.05, 4.69) is 0 Å². The Morgan fingerprint density at radius 2 is 1.86 bits per heavy atom. The van der Waals surface area contributed by atoms with Crippen molar-refractivity contribution in [2.24, 2.45) is 5.73 Å². The van der Waals surface area contributed by atoms with E-state index in [1.54, 1.807) is 23.5 Å². The predicted molar refractivity (Wildman–Crippen MR) is 58.5 cm³/mol. The van der Waals surface area contributed by atoms with Gasteiger partial charge in [0, 0.05) is 4.88 Å². The molecule has 1 atom stereocenters. The van der Waals surface area contributed by atoms with Gasteiger partial charge in [0.1, 0.15) is 5.75 Å². The Morgan fingerprint density at radius 3 is 2.43 bits per heavy atom. The molecule has 1 aromatic carbocycles. The number of thiophene rings is 1. The molecule has 0 radical (unpaired) electrons. The van der Waals surface area contributed by atoms with E-state index in [0.29, 0.717) is 0 Å². The van der Waals surface area contributed by atoms with Gasteiger partial charge in [-0.15, -0.1) is 11.3 Å². The van der Waals surface area contributed by atoms with Gasteiger partial charge < -0.3 is 10.8 Å². The number of hydrogen-bond donors (Lipinski definition) is 2. The van der Waals surface area contributed by atoms with Crippen molar-refractivity contribution in [3.8, 4) is 5.75 Å². The Morgan fingerprint density at radius 1 is 1.14 bits per heavy atom. The lowest BCUT2D eigenvalue weighted by molar-refractivity contribution is 0.475. The van der Waals surface area contributed by atoms with Crippen LogP contribution in [0.1, 0.15) is 16.5 Å². The third-order valence-corrected chi connectivity index (χ3v) is 3.06. The highest BCUT2D eigenvalue weighted by Crippen LogP contribution is 2.24. The average Bonchev–Trinajstić information content (AvgIpc) is 2.71. The second-order valence-corrected chi connectivity index (χ2v) is 4.06. The van der Waals surface area contributed by atoms with Crippen LogP contribution in [0.2, 0.25) is 0 Å². The summed E-state index contributed by atoms with van der Waals surface area (Å²) < 4.78 is 0. The zero-order valence-electron chi connectivity index (χ0n) is 7.55. The number of nitrogens with two attached hydrogens (primary N) is 1. The molecule has 0 saturated carbocycles. The van der Waals surface area contributed by atoms with Crippen LogP contribution in [0.5, 0.6) is 5.75 Å². The lowest BCUT2D eigenvalue weighted by Gasteiger charge is -2.09. The third-order valence-electron chi connectivity index (χ3n) is 2.10. The molecule has 2 rings (SSSR count). The molecular weight excluding hydrogens is 194 g/mol. The van der Waals surface area contributed by atoms with Crippen molar-refractivity contribution in [2.75, 3.05) is 0 Å². The summed E-state index contributed by atoms with van der Waals surface area (Å²) in [5.41, 5.74) is 7.06. The van der Waals surface area contributed by atoms with Crippen molar-refractivity contribution >= 4 is 11.3 Å². The molecule has 0 saturated heterocycles. The van der Waals surface area contributed by atoms with Crippen LogP contribution < -0.4 is 5.73 Å². The van der Waals surface area contributed by atoms with Gasteiger partial charge >= 0.3 is 0 Å². The van der Waals surface area contributed by atoms with Crippen LogP contribution in [0.25, 0.3) is 0 Å². The van der Waals surface area contributed by atoms with Gasteiger partial charge in [0.2, 0.25) is 0 Å². The highest BCUT2D eigenvalue weighted by atomic mass is 32.1. The summed E-state index contributed by atoms with van der Waals surface area (Å²) in [4.78, 5) is 1.13. The topological polar surface area (TPSA) is 46.2 Å². The van der Waals surface area contributed by atoms with Gasteiger partial charge in [0.25, 0.3) is 0 Å². The van der Waals surface area contributed by atoms with E-state index >= 15 is 0 Å². The summed E-state index contributed by atoms with van der Waals surface area (Å²) in [7, 11) is 0. The predicted octanol–water partition coefficient (Wildman–Crippen LogP) is 2.50. The summed E-state index contributed by atoms with van der Waals surface area (Å²) in [5, 5.41) is 11.1. The van der Waals surface area contributed by atoms with E-state index in [1.165, 1.54) is 0 Å². The highest BCUT2D eigenvalue weighted by molar-refractivity contribution is 7.10. The van der Waals surface area contributed by atoms with Crippen LogP contribution in [0.3, 0.4) is 0 Å². The Kier molecular flexibility index (Phi) is 2.52. The third kappa shape index (κ3) is 1.78. The number of phenols is 1. The number of aromatic hydroxyl groups is 1. The largest absolute Gasteiger partial charge is 0.508 e. The standard InChI is InChI=1S/C11H11NOS/c12-11(10-2-1-7-14-10)8-3-5-9(13)6-4-8/h1-7,11,13H,12H2/t11-/m0/s1. The normalized spacial score (nSPS) is 12.6. The number of rotatable bonds is 2. The Bertz CT molecular complexity index is 394. The zero-order chi connectivity index (χ0) is 9.97. The van der Waals surface area contributed by atoms with E-state index in [0.717, 1.165) is 10.4 Å². The first kappa shape index (κ1) is 9.24. The van der Waals surface area contributed by atoms with E-state index < -0.39 is 0 Å². The molecule has 0 fully saturated rings. The molecule has 1 heterocycles. The fourth-order valence-corrected chi connectivity index (χ4v) is 2.07. The van der Waals surface area contributed by atoms with Crippen molar-refractivity contribution in [1.82, 2.24) is 0 Å². The molecule has 72 valence electrons. The van der Waals surface area contributed by atoms with Crippen molar-refractivity contribution in [3.63, 3.8) is 0 Å². The maximum Gasteiger partial charge on any atom is 0.115 e. The molecule has 0 unspecified atom stereocenters. The maximum atomic E-state index is 9.13. The summed E-state index contributed by atoms with van der Waals surface area (Å²) in [6, 6.07) is 10.9. The van der Waals surface area contributed by atoms with Gasteiger partial charge in [-0.1, -0.05) is 18.2 Å². The molecular formula is C11H11NOS. The molecule has 1 aromatic heterocycles. The van der Waals surface area contributed by atoms with E-state index in [4.69, 9.17) is 10.8 Å². The first-order valence-corrected chi connectivity index (χ1v) is 5.23. The first-order valence-electron chi connectivity index (χ1n) is 4.35. The minimum atomic E-state index is -0.0874. The van der Waals surface area contributed by atoms with Crippen LogP contribution in [-0.4, -0.2) is 5.11 Å². The van der Waals surface area contributed by atoms with Crippen LogP contribution in [0.15, 0.2) is 41.8 Å². The maximum absolute atomic E-state index is 9.13. The average molecular weight is 205 g/mol. The quantitative estimate of drug-likeness (QED) is 0.791. The molecule has 2 nitrogen and oxygen atoms in total. The van der Waals surface area contributed by atoms with Crippen molar-refractivity contribution in [2.45, 2.75) is 6.04 Å². The molecule has 14 heavy (non-hydrogen) atoms. The van der Waals surface area contributed by atoms with E-state index in [9.17, 15) is 0 Å². The smallest absolute Gasteiger partial charge is 0.115 e. The Labute approximate surface area is 86.6 Å². The second-order valence-electron chi connectivity index (χ2n) is 3.08. The Hall–Kier alpha value is -1.32. The molecule has 0 aliphatic carbocycles. The van der Waals surface area contributed by atoms with Gasteiger partial charge in [-0.05, 0) is 29.1 Å². The highest BCUT2D eigenvalue weighted by Gasteiger charge is 2.08. The second kappa shape index (κ2) is 3.82. The van der Waals surface area contributed by atoms with E-state index in [-0.39, 0.29) is 11.8 Å². The summed E-state index contributed by atoms with van der Waals surface area (Å²) in [6.07, 6.45) is 0. The van der Waals surface area contributed by atoms with Crippen LogP contribution in [-0.2, 0) is 0 Å². The fraction of sp³-hybridized carbons (Fsp3) is 0.0909. The van der Waals surface area contributed by atoms with Crippen LogP contribution in [0.4, 0.5) is 0 Å². The molecule has 0 aliphatic rings. The lowest BCUT2D eigenvalue weighted by Crippen LogP contribution is -2.09. The number of phenolic OH excluding ortho intramolecular Hbond substituents is 1. The van der Waals surface area contributed by atoms with Gasteiger partial charge in [-0.2, -0.15) is 0 Å². The minimum absolute atomic E-state index is 0.0874. The summed E-state index contributed by atoms with van der Waals surface area (Å²) >= 11 is 1.64. The molecule has 0 spiro atoms. The molecule has 0 aliphatic heterocycles. The van der Waals surface area contributed by atoms with Gasteiger partial charge in [0.05, 0.1) is 6.04 Å². The molecule has 2 aromatic rings. The molecule has 0 amide bonds. The first-order chi connectivity index (χ1) is 6.77. The van der Waals surface area contributed by atoms with Gasteiger partial charge in [0.15, 0.2) is 0 Å². The Balaban J connectivity index is 2.28. The molecule has 3 N–H and O–H groups in total. The fourth-order valence-electron chi connectivity index (χ4n) is 1.31. The van der Waals surface area contributed by atoms with Gasteiger partial charge in [-0.3, -0.25) is 0 Å². The van der Waals surface area contributed by atoms with E-state index in [1.807, 2.05) is 29.6 Å². The molecule has 3 heteroatoms.